The third-order valence-electron chi connectivity index (χ3n) is 7.76. The van der Waals surface area contributed by atoms with Crippen LogP contribution in [0, 0.1) is 10.1 Å². The van der Waals surface area contributed by atoms with Gasteiger partial charge in [0, 0.05) is 24.2 Å². The fourth-order valence-electron chi connectivity index (χ4n) is 5.46. The number of carbonyl (C=O) groups excluding carboxylic acids is 2. The molecule has 3 rings (SSSR count). The van der Waals surface area contributed by atoms with Crippen LogP contribution in [-0.4, -0.2) is 33.2 Å². The highest BCUT2D eigenvalue weighted by molar-refractivity contribution is 6.46. The van der Waals surface area contributed by atoms with Crippen LogP contribution in [0.15, 0.2) is 60.2 Å². The van der Waals surface area contributed by atoms with E-state index in [1.54, 1.807) is 42.5 Å². The van der Waals surface area contributed by atoms with Gasteiger partial charge in [0.15, 0.2) is 0 Å². The summed E-state index contributed by atoms with van der Waals surface area (Å²) in [5.41, 5.74) is 0.961. The number of unbranched alkanes of at least 4 members (excludes halogenated alkanes) is 13. The van der Waals surface area contributed by atoms with Crippen LogP contribution in [0.4, 0.5) is 5.69 Å². The molecule has 1 unspecified atom stereocenters. The molecule has 0 aromatic heterocycles. The molecule has 0 saturated carbocycles. The van der Waals surface area contributed by atoms with Crippen LogP contribution in [-0.2, 0) is 9.59 Å². The van der Waals surface area contributed by atoms with E-state index >= 15 is 0 Å². The van der Waals surface area contributed by atoms with Gasteiger partial charge in [0.05, 0.1) is 16.5 Å². The number of likely N-dealkylation sites (tertiary alicyclic amines) is 1. The van der Waals surface area contributed by atoms with E-state index < -0.39 is 22.7 Å². The van der Waals surface area contributed by atoms with Gasteiger partial charge >= 0.3 is 0 Å². The predicted octanol–water partition coefficient (Wildman–Crippen LogP) is 8.50. The predicted molar refractivity (Wildman–Crippen MR) is 159 cm³/mol. The number of nitro groups is 1. The minimum atomic E-state index is -0.789. The number of Topliss-reactive ketones (excluding diaryl/α,β-unsaturated/α-hetero) is 1. The summed E-state index contributed by atoms with van der Waals surface area (Å²) in [6, 6.07) is 13.7. The number of aliphatic hydroxyl groups excluding tert-OH is 1. The molecule has 40 heavy (non-hydrogen) atoms. The van der Waals surface area contributed by atoms with Crippen molar-refractivity contribution in [3.8, 4) is 0 Å². The van der Waals surface area contributed by atoms with Crippen molar-refractivity contribution in [1.82, 2.24) is 4.90 Å². The van der Waals surface area contributed by atoms with E-state index in [0.29, 0.717) is 17.7 Å². The molecule has 1 heterocycles. The summed E-state index contributed by atoms with van der Waals surface area (Å²) in [7, 11) is 0. The summed E-state index contributed by atoms with van der Waals surface area (Å²) in [5.74, 6) is -1.60. The molecule has 0 aliphatic carbocycles. The van der Waals surface area contributed by atoms with Gasteiger partial charge in [0.1, 0.15) is 5.76 Å². The van der Waals surface area contributed by atoms with Gasteiger partial charge in [0.25, 0.3) is 17.4 Å². The zero-order chi connectivity index (χ0) is 28.7. The third-order valence-corrected chi connectivity index (χ3v) is 7.76. The van der Waals surface area contributed by atoms with Gasteiger partial charge in [-0.1, -0.05) is 121 Å². The Morgan fingerprint density at radius 2 is 1.27 bits per heavy atom. The smallest absolute Gasteiger partial charge is 0.295 e. The van der Waals surface area contributed by atoms with Crippen molar-refractivity contribution in [1.29, 1.82) is 0 Å². The van der Waals surface area contributed by atoms with Gasteiger partial charge < -0.3 is 10.0 Å². The summed E-state index contributed by atoms with van der Waals surface area (Å²) in [4.78, 5) is 38.4. The Balaban J connectivity index is 1.55. The van der Waals surface area contributed by atoms with Crippen molar-refractivity contribution < 1.29 is 19.6 Å². The first kappa shape index (κ1) is 31.1. The summed E-state index contributed by atoms with van der Waals surface area (Å²) < 4.78 is 0. The zero-order valence-electron chi connectivity index (χ0n) is 23.9. The molecule has 7 nitrogen and oxygen atoms in total. The molecule has 1 aliphatic heterocycles. The average Bonchev–Trinajstić information content (AvgIpc) is 3.22. The molecule has 0 bridgehead atoms. The highest BCUT2D eigenvalue weighted by atomic mass is 16.6. The number of nitro benzene ring substituents is 1. The number of carbonyl (C=O) groups is 2. The topological polar surface area (TPSA) is 101 Å². The molecule has 1 saturated heterocycles. The highest BCUT2D eigenvalue weighted by Crippen LogP contribution is 2.40. The Morgan fingerprint density at radius 1 is 0.775 bits per heavy atom. The lowest BCUT2D eigenvalue weighted by Crippen LogP contribution is -2.30. The van der Waals surface area contributed by atoms with E-state index in [2.05, 4.69) is 6.92 Å². The average molecular weight is 549 g/mol. The minimum Gasteiger partial charge on any atom is -0.507 e. The van der Waals surface area contributed by atoms with Crippen molar-refractivity contribution in [2.45, 2.75) is 103 Å². The maximum Gasteiger partial charge on any atom is 0.295 e. The highest BCUT2D eigenvalue weighted by Gasteiger charge is 2.45. The Morgan fingerprint density at radius 3 is 1.77 bits per heavy atom. The zero-order valence-corrected chi connectivity index (χ0v) is 23.9. The first-order valence-electron chi connectivity index (χ1n) is 15.0. The van der Waals surface area contributed by atoms with E-state index in [0.717, 1.165) is 25.7 Å². The number of rotatable bonds is 18. The van der Waals surface area contributed by atoms with Crippen LogP contribution in [0.2, 0.25) is 0 Å². The monoisotopic (exact) mass is 548 g/mol. The van der Waals surface area contributed by atoms with Crippen molar-refractivity contribution in [3.63, 3.8) is 0 Å². The Kier molecular flexibility index (Phi) is 12.9. The molecule has 1 fully saturated rings. The number of benzene rings is 2. The lowest BCUT2D eigenvalue weighted by Gasteiger charge is -2.25. The number of hydrogen-bond acceptors (Lipinski definition) is 5. The second-order valence-corrected chi connectivity index (χ2v) is 10.8. The molecular weight excluding hydrogens is 504 g/mol. The minimum absolute atomic E-state index is 0.0235. The number of non-ortho nitro benzene ring substituents is 1. The van der Waals surface area contributed by atoms with Crippen LogP contribution < -0.4 is 0 Å². The van der Waals surface area contributed by atoms with Crippen LogP contribution in [0.1, 0.15) is 114 Å². The molecular formula is C33H44N2O5. The quantitative estimate of drug-likeness (QED) is 0.0502. The first-order valence-corrected chi connectivity index (χ1v) is 15.0. The second kappa shape index (κ2) is 16.6. The molecule has 1 N–H and O–H groups in total. The summed E-state index contributed by atoms with van der Waals surface area (Å²) >= 11 is 0. The summed E-state index contributed by atoms with van der Waals surface area (Å²) in [6.45, 7) is 2.63. The number of aliphatic hydroxyl groups is 1. The number of nitrogens with zero attached hydrogens (tertiary/aromatic N) is 2. The second-order valence-electron chi connectivity index (χ2n) is 10.8. The maximum atomic E-state index is 13.1. The van der Waals surface area contributed by atoms with Crippen LogP contribution in [0.5, 0.6) is 0 Å². The summed E-state index contributed by atoms with van der Waals surface area (Å²) in [6.07, 6.45) is 17.1. The molecule has 0 radical (unpaired) electrons. The number of ketones is 1. The van der Waals surface area contributed by atoms with E-state index in [4.69, 9.17) is 0 Å². The third kappa shape index (κ3) is 8.77. The van der Waals surface area contributed by atoms with E-state index in [-0.39, 0.29) is 17.0 Å². The number of amides is 1. The molecule has 2 aromatic rings. The van der Waals surface area contributed by atoms with E-state index in [9.17, 15) is 24.8 Å². The van der Waals surface area contributed by atoms with Crippen LogP contribution in [0.25, 0.3) is 5.76 Å². The molecule has 7 heteroatoms. The van der Waals surface area contributed by atoms with Gasteiger partial charge in [-0.2, -0.15) is 0 Å². The maximum absolute atomic E-state index is 13.1. The first-order chi connectivity index (χ1) is 19.5. The number of hydrogen-bond donors (Lipinski definition) is 1. The fraction of sp³-hybridized carbons (Fsp3) is 0.515. The van der Waals surface area contributed by atoms with E-state index in [1.807, 2.05) is 0 Å². The van der Waals surface area contributed by atoms with Gasteiger partial charge in [0.2, 0.25) is 0 Å². The molecule has 216 valence electrons. The summed E-state index contributed by atoms with van der Waals surface area (Å²) in [5, 5.41) is 22.2. The van der Waals surface area contributed by atoms with Crippen molar-refractivity contribution >= 4 is 23.1 Å². The lowest BCUT2D eigenvalue weighted by molar-refractivity contribution is -0.384. The van der Waals surface area contributed by atoms with Crippen LogP contribution >= 0.6 is 0 Å². The molecule has 2 aromatic carbocycles. The van der Waals surface area contributed by atoms with Gasteiger partial charge in [-0.25, -0.2) is 0 Å². The Hall–Kier alpha value is -3.48. The van der Waals surface area contributed by atoms with Crippen LogP contribution in [0.3, 0.4) is 0 Å². The van der Waals surface area contributed by atoms with Gasteiger partial charge in [-0.3, -0.25) is 19.7 Å². The largest absolute Gasteiger partial charge is 0.507 e. The van der Waals surface area contributed by atoms with E-state index in [1.165, 1.54) is 81.2 Å². The van der Waals surface area contributed by atoms with Gasteiger partial charge in [-0.15, -0.1) is 0 Å². The van der Waals surface area contributed by atoms with Crippen molar-refractivity contribution in [3.05, 3.63) is 81.4 Å². The molecule has 1 amide bonds. The molecule has 1 aliphatic rings. The fourth-order valence-corrected chi connectivity index (χ4v) is 5.46. The lowest BCUT2D eigenvalue weighted by atomic mass is 9.95. The SMILES string of the molecule is CCCCCCCCCCCCCCCCN1C(=O)C(=O)C(=C(O)c2ccccc2)C1c1ccc([N+](=O)[O-])cc1. The van der Waals surface area contributed by atoms with Crippen molar-refractivity contribution in [2.24, 2.45) is 0 Å². The molecule has 0 spiro atoms. The van der Waals surface area contributed by atoms with Gasteiger partial charge in [-0.05, 0) is 24.1 Å². The van der Waals surface area contributed by atoms with Crippen molar-refractivity contribution in [2.75, 3.05) is 6.54 Å². The Labute approximate surface area is 238 Å². The standard InChI is InChI=1S/C33H44N2O5/c1-2-3-4-5-6-7-8-9-10-11-12-13-14-18-25-34-30(26-21-23-28(24-22-26)35(39)40)29(32(37)33(34)38)31(36)27-19-16-15-17-20-27/h15-17,19-24,30,36H,2-14,18,25H2,1H3. The normalized spacial score (nSPS) is 16.5. The Bertz CT molecular complexity index is 1130. The molecule has 1 atom stereocenters.